The average molecular weight is 730 g/mol. The van der Waals surface area contributed by atoms with E-state index in [-0.39, 0.29) is 62.5 Å². The Labute approximate surface area is 311 Å². The van der Waals surface area contributed by atoms with E-state index in [1.165, 1.54) is 24.4 Å². The van der Waals surface area contributed by atoms with Crippen molar-refractivity contribution in [1.29, 1.82) is 0 Å². The van der Waals surface area contributed by atoms with E-state index in [0.29, 0.717) is 23.1 Å². The molecule has 0 spiro atoms. The SMILES string of the molecule is C=CCN1CC(=O)N2[C@@H](Cc3ccc(O)cc3)C(=O)N(Cc3cccc4c(C(=O)Nc5ccc(F)nc5)cn(C)c34)C[C@@H]2N1C(=O)CCc1ccccc1. The maximum absolute atomic E-state index is 14.6. The summed E-state index contributed by atoms with van der Waals surface area (Å²) in [5, 5.41) is 16.7. The second-order valence-electron chi connectivity index (χ2n) is 13.5. The molecule has 7 rings (SSSR count). The molecule has 3 aromatic carbocycles. The maximum atomic E-state index is 14.6. The van der Waals surface area contributed by atoms with E-state index >= 15 is 0 Å². The van der Waals surface area contributed by atoms with Gasteiger partial charge < -0.3 is 24.8 Å². The number of phenolic OH excluding ortho intramolecular Hbond substituents is 1. The van der Waals surface area contributed by atoms with Crippen LogP contribution in [-0.4, -0.2) is 89.9 Å². The number of carbonyl (C=O) groups is 4. The molecule has 0 saturated carbocycles. The lowest BCUT2D eigenvalue weighted by atomic mass is 9.97. The normalized spacial score (nSPS) is 17.5. The zero-order valence-electron chi connectivity index (χ0n) is 29.8. The molecular formula is C41H40FN7O5. The van der Waals surface area contributed by atoms with E-state index in [1.807, 2.05) is 60.1 Å². The van der Waals surface area contributed by atoms with Gasteiger partial charge >= 0.3 is 0 Å². The van der Waals surface area contributed by atoms with Gasteiger partial charge in [-0.2, -0.15) is 4.39 Å². The second kappa shape index (κ2) is 15.3. The first kappa shape index (κ1) is 36.0. The molecular weight excluding hydrogens is 689 g/mol. The fraction of sp³-hybridized carbons (Fsp3) is 0.244. The number of amides is 4. The van der Waals surface area contributed by atoms with Crippen LogP contribution < -0.4 is 5.32 Å². The van der Waals surface area contributed by atoms with Crippen molar-refractivity contribution >= 4 is 40.2 Å². The predicted octanol–water partition coefficient (Wildman–Crippen LogP) is 4.66. The first-order chi connectivity index (χ1) is 26.1. The summed E-state index contributed by atoms with van der Waals surface area (Å²) >= 11 is 0. The number of fused-ring (bicyclic) bond motifs is 2. The Hall–Kier alpha value is -6.34. The van der Waals surface area contributed by atoms with Crippen LogP contribution in [0.4, 0.5) is 10.1 Å². The van der Waals surface area contributed by atoms with Crippen molar-refractivity contribution < 1.29 is 28.7 Å². The number of hydrogen-bond donors (Lipinski definition) is 2. The molecule has 2 aliphatic heterocycles. The fourth-order valence-corrected chi connectivity index (χ4v) is 7.48. The monoisotopic (exact) mass is 729 g/mol. The number of carbonyl (C=O) groups excluding carboxylic acids is 4. The van der Waals surface area contributed by atoms with Crippen molar-refractivity contribution in [3.63, 3.8) is 0 Å². The van der Waals surface area contributed by atoms with Crippen LogP contribution in [0.15, 0.2) is 110 Å². The van der Waals surface area contributed by atoms with Crippen molar-refractivity contribution in [2.75, 3.05) is 25.0 Å². The molecule has 0 bridgehead atoms. The second-order valence-corrected chi connectivity index (χ2v) is 13.5. The molecule has 2 atom stereocenters. The summed E-state index contributed by atoms with van der Waals surface area (Å²) in [5.41, 5.74) is 3.96. The maximum Gasteiger partial charge on any atom is 0.257 e. The Bertz CT molecular complexity index is 2210. The van der Waals surface area contributed by atoms with E-state index in [2.05, 4.69) is 16.9 Å². The zero-order valence-corrected chi connectivity index (χ0v) is 29.8. The molecule has 2 aromatic heterocycles. The number of benzene rings is 3. The summed E-state index contributed by atoms with van der Waals surface area (Å²) in [4.78, 5) is 63.1. The highest BCUT2D eigenvalue weighted by molar-refractivity contribution is 6.13. The van der Waals surface area contributed by atoms with Crippen molar-refractivity contribution in [3.8, 4) is 5.75 Å². The number of nitrogens with zero attached hydrogens (tertiary/aromatic N) is 6. The quantitative estimate of drug-likeness (QED) is 0.150. The molecule has 4 heterocycles. The van der Waals surface area contributed by atoms with E-state index in [4.69, 9.17) is 0 Å². The minimum Gasteiger partial charge on any atom is -0.508 e. The third kappa shape index (κ3) is 7.30. The molecule has 0 unspecified atom stereocenters. The smallest absolute Gasteiger partial charge is 0.257 e. The summed E-state index contributed by atoms with van der Waals surface area (Å²) in [6, 6.07) is 23.4. The van der Waals surface area contributed by atoms with Crippen LogP contribution in [0, 0.1) is 5.95 Å². The Morgan fingerprint density at radius 1 is 1.00 bits per heavy atom. The number of nitrogens with one attached hydrogen (secondary N) is 1. The number of rotatable bonds is 11. The molecule has 5 aromatic rings. The zero-order chi connectivity index (χ0) is 37.9. The van der Waals surface area contributed by atoms with Crippen molar-refractivity contribution in [3.05, 3.63) is 138 Å². The van der Waals surface area contributed by atoms with Gasteiger partial charge in [-0.05, 0) is 47.4 Å². The molecule has 2 saturated heterocycles. The number of hydrazine groups is 1. The summed E-state index contributed by atoms with van der Waals surface area (Å²) < 4.78 is 15.2. The van der Waals surface area contributed by atoms with Crippen LogP contribution in [0.3, 0.4) is 0 Å². The van der Waals surface area contributed by atoms with Gasteiger partial charge in [0.15, 0.2) is 0 Å². The third-order valence-corrected chi connectivity index (χ3v) is 9.94. The number of halogens is 1. The molecule has 0 aliphatic carbocycles. The van der Waals surface area contributed by atoms with Crippen LogP contribution >= 0.6 is 0 Å². The summed E-state index contributed by atoms with van der Waals surface area (Å²) in [6.45, 7) is 4.21. The number of piperazine rings is 1. The Balaban J connectivity index is 1.23. The lowest BCUT2D eigenvalue weighted by Crippen LogP contribution is -2.75. The molecule has 2 N–H and O–H groups in total. The number of para-hydroxylation sites is 1. The highest BCUT2D eigenvalue weighted by Gasteiger charge is 2.51. The van der Waals surface area contributed by atoms with Crippen LogP contribution in [-0.2, 0) is 40.8 Å². The van der Waals surface area contributed by atoms with Gasteiger partial charge in [0.05, 0.1) is 36.1 Å². The minimum absolute atomic E-state index is 0.0487. The average Bonchev–Trinajstić information content (AvgIpc) is 3.51. The van der Waals surface area contributed by atoms with Gasteiger partial charge in [-0.1, -0.05) is 66.7 Å². The minimum atomic E-state index is -0.936. The molecule has 0 radical (unpaired) electrons. The largest absolute Gasteiger partial charge is 0.508 e. The van der Waals surface area contributed by atoms with Crippen LogP contribution in [0.1, 0.15) is 33.5 Å². The lowest BCUT2D eigenvalue weighted by molar-refractivity contribution is -0.205. The molecule has 2 fully saturated rings. The number of pyridine rings is 1. The highest BCUT2D eigenvalue weighted by atomic mass is 19.1. The van der Waals surface area contributed by atoms with Crippen molar-refractivity contribution in [2.45, 2.75) is 38.0 Å². The molecule has 54 heavy (non-hydrogen) atoms. The number of aromatic hydroxyl groups is 1. The fourth-order valence-electron chi connectivity index (χ4n) is 7.48. The number of aromatic nitrogens is 2. The Morgan fingerprint density at radius 2 is 1.78 bits per heavy atom. The van der Waals surface area contributed by atoms with E-state index in [1.54, 1.807) is 44.2 Å². The van der Waals surface area contributed by atoms with Gasteiger partial charge in [0.25, 0.3) is 5.91 Å². The van der Waals surface area contributed by atoms with Crippen LogP contribution in [0.5, 0.6) is 5.75 Å². The van der Waals surface area contributed by atoms with Crippen molar-refractivity contribution in [1.82, 2.24) is 29.4 Å². The lowest BCUT2D eigenvalue weighted by Gasteiger charge is -2.55. The highest BCUT2D eigenvalue weighted by Crippen LogP contribution is 2.32. The first-order valence-corrected chi connectivity index (χ1v) is 17.7. The van der Waals surface area contributed by atoms with Gasteiger partial charge in [-0.25, -0.2) is 15.0 Å². The van der Waals surface area contributed by atoms with Gasteiger partial charge in [0, 0.05) is 44.6 Å². The van der Waals surface area contributed by atoms with Gasteiger partial charge in [-0.3, -0.25) is 19.2 Å². The first-order valence-electron chi connectivity index (χ1n) is 17.7. The number of hydrogen-bond acceptors (Lipinski definition) is 7. The summed E-state index contributed by atoms with van der Waals surface area (Å²) in [5.74, 6) is -1.73. The number of anilines is 1. The van der Waals surface area contributed by atoms with Gasteiger partial charge in [0.1, 0.15) is 18.0 Å². The summed E-state index contributed by atoms with van der Waals surface area (Å²) in [6.07, 6.45) is 4.65. The number of aryl methyl sites for hydroxylation is 2. The van der Waals surface area contributed by atoms with Crippen LogP contribution in [0.2, 0.25) is 0 Å². The van der Waals surface area contributed by atoms with E-state index in [9.17, 15) is 28.7 Å². The Kier molecular flexibility index (Phi) is 10.2. The molecule has 276 valence electrons. The molecule has 2 aliphatic rings. The van der Waals surface area contributed by atoms with E-state index < -0.39 is 24.1 Å². The topological polar surface area (TPSA) is 131 Å². The Morgan fingerprint density at radius 3 is 2.50 bits per heavy atom. The van der Waals surface area contributed by atoms with Crippen LogP contribution in [0.25, 0.3) is 10.9 Å². The predicted molar refractivity (Wildman–Crippen MR) is 200 cm³/mol. The van der Waals surface area contributed by atoms with Gasteiger partial charge in [-0.15, -0.1) is 6.58 Å². The van der Waals surface area contributed by atoms with Gasteiger partial charge in [0.2, 0.25) is 23.7 Å². The summed E-state index contributed by atoms with van der Waals surface area (Å²) in [7, 11) is 1.82. The third-order valence-electron chi connectivity index (χ3n) is 9.94. The van der Waals surface area contributed by atoms with E-state index in [0.717, 1.165) is 28.3 Å². The molecule has 12 nitrogen and oxygen atoms in total. The standard InChI is InChI=1S/C41H40FN7O5/c1-3-20-47-26-38(52)48-34(21-28-12-16-31(50)17-13-28)41(54)46(25-36(48)49(47)37(51)19-14-27-8-5-4-6-9-27)23-29-10-7-11-32-33(24-45(2)39(29)32)40(53)44-30-15-18-35(42)43-22-30/h3-13,15-18,22,24,34,36,50H,1,14,19-21,23,25-26H2,2H3,(H,44,53)/t34-,36-/m0/s1. The molecule has 4 amide bonds. The number of phenols is 1. The molecule has 13 heteroatoms. The van der Waals surface area contributed by atoms with Crippen molar-refractivity contribution in [2.24, 2.45) is 7.05 Å².